The highest BCUT2D eigenvalue weighted by molar-refractivity contribution is 5.94. The third-order valence-electron chi connectivity index (χ3n) is 4.82. The van der Waals surface area contributed by atoms with E-state index in [1.165, 1.54) is 17.7 Å². The lowest BCUT2D eigenvalue weighted by Crippen LogP contribution is -2.49. The number of halogens is 2. The summed E-state index contributed by atoms with van der Waals surface area (Å²) in [7, 11) is 0. The summed E-state index contributed by atoms with van der Waals surface area (Å²) in [6.07, 6.45) is 0. The van der Waals surface area contributed by atoms with Crippen molar-refractivity contribution in [3.8, 4) is 0 Å². The summed E-state index contributed by atoms with van der Waals surface area (Å²) >= 11 is 0. The lowest BCUT2D eigenvalue weighted by atomic mass is 9.86. The standard InChI is InChI=1S/C21H24F2N2O/c1-21(2,3)16-6-4-15(5-7-16)20(26)25-12-10-24(11-13-25)19-9-8-17(22)14-18(19)23/h4-9,14H,10-13H2,1-3H3. The molecule has 0 saturated carbocycles. The van der Waals surface area contributed by atoms with Crippen LogP contribution in [0.1, 0.15) is 36.7 Å². The molecule has 0 radical (unpaired) electrons. The van der Waals surface area contributed by atoms with E-state index in [0.717, 1.165) is 6.07 Å². The molecule has 3 nitrogen and oxygen atoms in total. The average Bonchev–Trinajstić information content (AvgIpc) is 2.61. The van der Waals surface area contributed by atoms with Crippen molar-refractivity contribution in [3.63, 3.8) is 0 Å². The van der Waals surface area contributed by atoms with Gasteiger partial charge in [-0.2, -0.15) is 0 Å². The summed E-state index contributed by atoms with van der Waals surface area (Å²) in [4.78, 5) is 16.3. The fraction of sp³-hybridized carbons (Fsp3) is 0.381. The predicted octanol–water partition coefficient (Wildman–Crippen LogP) is 4.22. The highest BCUT2D eigenvalue weighted by Crippen LogP contribution is 2.24. The molecule has 0 spiro atoms. The lowest BCUT2D eigenvalue weighted by Gasteiger charge is -2.36. The van der Waals surface area contributed by atoms with Gasteiger partial charge in [0.2, 0.25) is 0 Å². The van der Waals surface area contributed by atoms with Crippen molar-refractivity contribution in [2.45, 2.75) is 26.2 Å². The van der Waals surface area contributed by atoms with E-state index in [1.54, 1.807) is 4.90 Å². The predicted molar refractivity (Wildman–Crippen MR) is 99.6 cm³/mol. The first-order valence-corrected chi connectivity index (χ1v) is 8.85. The van der Waals surface area contributed by atoms with E-state index < -0.39 is 11.6 Å². The molecule has 26 heavy (non-hydrogen) atoms. The van der Waals surface area contributed by atoms with Crippen molar-refractivity contribution in [2.24, 2.45) is 0 Å². The second kappa shape index (κ2) is 7.06. The van der Waals surface area contributed by atoms with Gasteiger partial charge in [-0.1, -0.05) is 32.9 Å². The summed E-state index contributed by atoms with van der Waals surface area (Å²) in [6.45, 7) is 8.48. The Morgan fingerprint density at radius 1 is 0.923 bits per heavy atom. The second-order valence-electron chi connectivity index (χ2n) is 7.70. The SMILES string of the molecule is CC(C)(C)c1ccc(C(=O)N2CCN(c3ccc(F)cc3F)CC2)cc1. The average molecular weight is 358 g/mol. The quantitative estimate of drug-likeness (QED) is 0.802. The number of piperazine rings is 1. The zero-order valence-corrected chi connectivity index (χ0v) is 15.4. The van der Waals surface area contributed by atoms with Crippen LogP contribution in [0.5, 0.6) is 0 Å². The van der Waals surface area contributed by atoms with E-state index in [0.29, 0.717) is 37.4 Å². The summed E-state index contributed by atoms with van der Waals surface area (Å²) < 4.78 is 27.0. The number of amides is 1. The second-order valence-corrected chi connectivity index (χ2v) is 7.70. The Hall–Kier alpha value is -2.43. The summed E-state index contributed by atoms with van der Waals surface area (Å²) in [5.74, 6) is -1.16. The Kier molecular flexibility index (Phi) is 4.99. The van der Waals surface area contributed by atoms with Crippen LogP contribution in [0.2, 0.25) is 0 Å². The Balaban J connectivity index is 1.65. The molecule has 0 atom stereocenters. The highest BCUT2D eigenvalue weighted by Gasteiger charge is 2.24. The number of rotatable bonds is 2. The highest BCUT2D eigenvalue weighted by atomic mass is 19.1. The number of nitrogens with zero attached hydrogens (tertiary/aromatic N) is 2. The van der Waals surface area contributed by atoms with Crippen LogP contribution >= 0.6 is 0 Å². The van der Waals surface area contributed by atoms with E-state index in [4.69, 9.17) is 0 Å². The topological polar surface area (TPSA) is 23.6 Å². The minimum absolute atomic E-state index is 0.00955. The van der Waals surface area contributed by atoms with Crippen LogP contribution in [0.4, 0.5) is 14.5 Å². The molecule has 1 aliphatic heterocycles. The molecule has 138 valence electrons. The van der Waals surface area contributed by atoms with Crippen LogP contribution in [0.3, 0.4) is 0 Å². The van der Waals surface area contributed by atoms with Gasteiger partial charge in [0.05, 0.1) is 5.69 Å². The molecule has 0 aromatic heterocycles. The van der Waals surface area contributed by atoms with Gasteiger partial charge in [-0.25, -0.2) is 8.78 Å². The number of benzene rings is 2. The number of hydrogen-bond acceptors (Lipinski definition) is 2. The molecule has 0 bridgehead atoms. The number of hydrogen-bond donors (Lipinski definition) is 0. The van der Waals surface area contributed by atoms with Crippen molar-refractivity contribution < 1.29 is 13.6 Å². The van der Waals surface area contributed by atoms with Crippen LogP contribution in [0.25, 0.3) is 0 Å². The third kappa shape index (κ3) is 3.87. The van der Waals surface area contributed by atoms with Crippen LogP contribution < -0.4 is 4.90 Å². The first kappa shape index (κ1) is 18.4. The fourth-order valence-electron chi connectivity index (χ4n) is 3.18. The van der Waals surface area contributed by atoms with Crippen molar-refractivity contribution in [2.75, 3.05) is 31.1 Å². The molecule has 0 aliphatic carbocycles. The van der Waals surface area contributed by atoms with Gasteiger partial charge < -0.3 is 9.80 Å². The molecule has 2 aromatic carbocycles. The first-order chi connectivity index (χ1) is 12.3. The number of carbonyl (C=O) groups is 1. The smallest absolute Gasteiger partial charge is 0.253 e. The molecular formula is C21H24F2N2O. The Labute approximate surface area is 153 Å². The molecule has 3 rings (SSSR count). The monoisotopic (exact) mass is 358 g/mol. The van der Waals surface area contributed by atoms with Crippen LogP contribution in [0.15, 0.2) is 42.5 Å². The summed E-state index contributed by atoms with van der Waals surface area (Å²) in [5.41, 5.74) is 2.28. The zero-order valence-electron chi connectivity index (χ0n) is 15.4. The van der Waals surface area contributed by atoms with Crippen molar-refractivity contribution in [3.05, 3.63) is 65.2 Å². The molecule has 0 N–H and O–H groups in total. The molecule has 1 heterocycles. The maximum Gasteiger partial charge on any atom is 0.253 e. The third-order valence-corrected chi connectivity index (χ3v) is 4.82. The van der Waals surface area contributed by atoms with Crippen molar-refractivity contribution >= 4 is 11.6 Å². The lowest BCUT2D eigenvalue weighted by molar-refractivity contribution is 0.0746. The minimum atomic E-state index is -0.584. The molecule has 1 fully saturated rings. The number of anilines is 1. The van der Waals surface area contributed by atoms with E-state index in [1.807, 2.05) is 29.2 Å². The molecule has 1 saturated heterocycles. The molecule has 2 aromatic rings. The largest absolute Gasteiger partial charge is 0.366 e. The normalized spacial score (nSPS) is 15.3. The van der Waals surface area contributed by atoms with Gasteiger partial charge in [-0.3, -0.25) is 4.79 Å². The van der Waals surface area contributed by atoms with Crippen LogP contribution in [-0.2, 0) is 5.41 Å². The molecule has 0 unspecified atom stereocenters. The Bertz CT molecular complexity index is 789. The van der Waals surface area contributed by atoms with Crippen molar-refractivity contribution in [1.82, 2.24) is 4.90 Å². The maximum absolute atomic E-state index is 13.9. The van der Waals surface area contributed by atoms with Gasteiger partial charge in [0.15, 0.2) is 0 Å². The van der Waals surface area contributed by atoms with E-state index >= 15 is 0 Å². The minimum Gasteiger partial charge on any atom is -0.366 e. The Morgan fingerprint density at radius 3 is 2.08 bits per heavy atom. The zero-order chi connectivity index (χ0) is 18.9. The maximum atomic E-state index is 13.9. The molecule has 1 aliphatic rings. The molecular weight excluding hydrogens is 334 g/mol. The first-order valence-electron chi connectivity index (χ1n) is 8.85. The van der Waals surface area contributed by atoms with E-state index in [2.05, 4.69) is 20.8 Å². The summed E-state index contributed by atoms with van der Waals surface area (Å²) in [6, 6.07) is 11.3. The van der Waals surface area contributed by atoms with Crippen molar-refractivity contribution in [1.29, 1.82) is 0 Å². The summed E-state index contributed by atoms with van der Waals surface area (Å²) in [5, 5.41) is 0. The number of carbonyl (C=O) groups excluding carboxylic acids is 1. The molecule has 5 heteroatoms. The Morgan fingerprint density at radius 2 is 1.54 bits per heavy atom. The van der Waals surface area contributed by atoms with Gasteiger partial charge in [0.1, 0.15) is 11.6 Å². The molecule has 1 amide bonds. The van der Waals surface area contributed by atoms with E-state index in [-0.39, 0.29) is 11.3 Å². The van der Waals surface area contributed by atoms with Crippen LogP contribution in [-0.4, -0.2) is 37.0 Å². The van der Waals surface area contributed by atoms with Gasteiger partial charge >= 0.3 is 0 Å². The van der Waals surface area contributed by atoms with E-state index in [9.17, 15) is 13.6 Å². The van der Waals surface area contributed by atoms with Gasteiger partial charge in [0, 0.05) is 37.8 Å². The van der Waals surface area contributed by atoms with Gasteiger partial charge in [-0.05, 0) is 35.2 Å². The fourth-order valence-corrected chi connectivity index (χ4v) is 3.18. The van der Waals surface area contributed by atoms with Gasteiger partial charge in [-0.15, -0.1) is 0 Å². The van der Waals surface area contributed by atoms with Gasteiger partial charge in [0.25, 0.3) is 5.91 Å². The van der Waals surface area contributed by atoms with Crippen LogP contribution in [0, 0.1) is 11.6 Å².